The lowest BCUT2D eigenvalue weighted by Gasteiger charge is -2.10. The predicted octanol–water partition coefficient (Wildman–Crippen LogP) is 1.44. The second-order valence-electron chi connectivity index (χ2n) is 3.90. The summed E-state index contributed by atoms with van der Waals surface area (Å²) in [6.07, 6.45) is 0. The van der Waals surface area contributed by atoms with Gasteiger partial charge in [-0.15, -0.1) is 0 Å². The number of amides is 3. The van der Waals surface area contributed by atoms with E-state index in [4.69, 9.17) is 4.74 Å². The van der Waals surface area contributed by atoms with Crippen LogP contribution in [0.3, 0.4) is 0 Å². The molecule has 0 spiro atoms. The molecular formula is C12H15FN2O3. The summed E-state index contributed by atoms with van der Waals surface area (Å²) in [5, 5.41) is 4.55. The Morgan fingerprint density at radius 3 is 2.61 bits per heavy atom. The first-order valence-corrected chi connectivity index (χ1v) is 5.46. The Morgan fingerprint density at radius 1 is 1.33 bits per heavy atom. The standard InChI is InChI=1S/C12H15FN2O3/c1-8(2)14-12(17)15-11(16)7-18-10-6-4-3-5-9(10)13/h3-6,8H,7H2,1-2H3,(H2,14,15,16,17). The van der Waals surface area contributed by atoms with Gasteiger partial charge in [-0.25, -0.2) is 9.18 Å². The third kappa shape index (κ3) is 4.82. The van der Waals surface area contributed by atoms with Crippen LogP contribution in [0.1, 0.15) is 13.8 Å². The summed E-state index contributed by atoms with van der Waals surface area (Å²) in [5.41, 5.74) is 0. The Labute approximate surface area is 104 Å². The van der Waals surface area contributed by atoms with E-state index >= 15 is 0 Å². The molecule has 18 heavy (non-hydrogen) atoms. The van der Waals surface area contributed by atoms with Crippen LogP contribution in [-0.4, -0.2) is 24.6 Å². The highest BCUT2D eigenvalue weighted by Gasteiger charge is 2.10. The first kappa shape index (κ1) is 14.0. The minimum absolute atomic E-state index is 0.0306. The molecule has 6 heteroatoms. The number of carbonyl (C=O) groups is 2. The van der Waals surface area contributed by atoms with Crippen LogP contribution in [0.2, 0.25) is 0 Å². The topological polar surface area (TPSA) is 67.4 Å². The van der Waals surface area contributed by atoms with Crippen LogP contribution in [0, 0.1) is 5.82 Å². The van der Waals surface area contributed by atoms with Crippen molar-refractivity contribution in [2.24, 2.45) is 0 Å². The summed E-state index contributed by atoms with van der Waals surface area (Å²) in [6, 6.07) is 5.03. The molecule has 5 nitrogen and oxygen atoms in total. The number of nitrogens with one attached hydrogen (secondary N) is 2. The van der Waals surface area contributed by atoms with Crippen molar-refractivity contribution in [3.8, 4) is 5.75 Å². The molecule has 0 saturated heterocycles. The van der Waals surface area contributed by atoms with Crippen LogP contribution in [0.25, 0.3) is 0 Å². The minimum Gasteiger partial charge on any atom is -0.481 e. The average Bonchev–Trinajstić information content (AvgIpc) is 2.26. The van der Waals surface area contributed by atoms with Crippen molar-refractivity contribution in [1.29, 1.82) is 0 Å². The largest absolute Gasteiger partial charge is 0.481 e. The molecule has 0 unspecified atom stereocenters. The zero-order valence-corrected chi connectivity index (χ0v) is 10.2. The van der Waals surface area contributed by atoms with E-state index in [1.165, 1.54) is 18.2 Å². The quantitative estimate of drug-likeness (QED) is 0.854. The van der Waals surface area contributed by atoms with Crippen LogP contribution in [0.15, 0.2) is 24.3 Å². The number of para-hydroxylation sites is 1. The van der Waals surface area contributed by atoms with Crippen molar-refractivity contribution in [3.05, 3.63) is 30.1 Å². The van der Waals surface area contributed by atoms with E-state index in [0.29, 0.717) is 0 Å². The number of halogens is 1. The van der Waals surface area contributed by atoms with E-state index in [2.05, 4.69) is 10.6 Å². The first-order chi connectivity index (χ1) is 8.49. The molecule has 0 aliphatic carbocycles. The van der Waals surface area contributed by atoms with Crippen LogP contribution >= 0.6 is 0 Å². The highest BCUT2D eigenvalue weighted by molar-refractivity contribution is 5.95. The van der Waals surface area contributed by atoms with Crippen molar-refractivity contribution >= 4 is 11.9 Å². The van der Waals surface area contributed by atoms with Crippen molar-refractivity contribution in [1.82, 2.24) is 10.6 Å². The molecule has 3 amide bonds. The number of urea groups is 1. The van der Waals surface area contributed by atoms with Gasteiger partial charge in [0.15, 0.2) is 18.2 Å². The molecule has 0 saturated carbocycles. The second kappa shape index (κ2) is 6.58. The minimum atomic E-state index is -0.642. The van der Waals surface area contributed by atoms with Crippen LogP contribution < -0.4 is 15.4 Å². The lowest BCUT2D eigenvalue weighted by molar-refractivity contribution is -0.122. The monoisotopic (exact) mass is 254 g/mol. The van der Waals surface area contributed by atoms with Crippen LogP contribution in [0.5, 0.6) is 5.75 Å². The Kier molecular flexibility index (Phi) is 5.10. The fraction of sp³-hybridized carbons (Fsp3) is 0.333. The number of imide groups is 1. The van der Waals surface area contributed by atoms with Crippen molar-refractivity contribution < 1.29 is 18.7 Å². The van der Waals surface area contributed by atoms with E-state index in [9.17, 15) is 14.0 Å². The highest BCUT2D eigenvalue weighted by atomic mass is 19.1. The SMILES string of the molecule is CC(C)NC(=O)NC(=O)COc1ccccc1F. The lowest BCUT2D eigenvalue weighted by Crippen LogP contribution is -2.44. The van der Waals surface area contributed by atoms with Crippen molar-refractivity contribution in [3.63, 3.8) is 0 Å². The van der Waals surface area contributed by atoms with E-state index in [1.54, 1.807) is 19.9 Å². The van der Waals surface area contributed by atoms with Crippen molar-refractivity contribution in [2.75, 3.05) is 6.61 Å². The summed E-state index contributed by atoms with van der Waals surface area (Å²) < 4.78 is 18.1. The van der Waals surface area contributed by atoms with Gasteiger partial charge in [0.1, 0.15) is 0 Å². The third-order valence-corrected chi connectivity index (χ3v) is 1.87. The molecule has 0 atom stereocenters. The van der Waals surface area contributed by atoms with Crippen molar-refractivity contribution in [2.45, 2.75) is 19.9 Å². The molecule has 0 aromatic heterocycles. The fourth-order valence-corrected chi connectivity index (χ4v) is 1.17. The molecule has 0 aliphatic heterocycles. The molecule has 0 heterocycles. The number of carbonyl (C=O) groups excluding carboxylic acids is 2. The average molecular weight is 254 g/mol. The lowest BCUT2D eigenvalue weighted by atomic mass is 10.3. The van der Waals surface area contributed by atoms with Gasteiger partial charge < -0.3 is 10.1 Å². The predicted molar refractivity (Wildman–Crippen MR) is 63.7 cm³/mol. The number of benzene rings is 1. The molecule has 2 N–H and O–H groups in total. The molecule has 98 valence electrons. The summed E-state index contributed by atoms with van der Waals surface area (Å²) in [4.78, 5) is 22.5. The molecular weight excluding hydrogens is 239 g/mol. The number of hydrogen-bond acceptors (Lipinski definition) is 3. The Morgan fingerprint density at radius 2 is 2.00 bits per heavy atom. The van der Waals surface area contributed by atoms with E-state index in [-0.39, 0.29) is 11.8 Å². The number of ether oxygens (including phenoxy) is 1. The molecule has 0 radical (unpaired) electrons. The van der Waals surface area contributed by atoms with Gasteiger partial charge in [0.2, 0.25) is 0 Å². The molecule has 0 aliphatic rings. The Hall–Kier alpha value is -2.11. The summed E-state index contributed by atoms with van der Waals surface area (Å²) in [7, 11) is 0. The molecule has 1 aromatic carbocycles. The smallest absolute Gasteiger partial charge is 0.321 e. The summed E-state index contributed by atoms with van der Waals surface area (Å²) in [5.74, 6) is -1.23. The number of rotatable bonds is 4. The van der Waals surface area contributed by atoms with Crippen LogP contribution in [-0.2, 0) is 4.79 Å². The van der Waals surface area contributed by atoms with Crippen LogP contribution in [0.4, 0.5) is 9.18 Å². The molecule has 0 fully saturated rings. The Bertz CT molecular complexity index is 435. The zero-order chi connectivity index (χ0) is 13.5. The van der Waals surface area contributed by atoms with Gasteiger partial charge in [-0.05, 0) is 26.0 Å². The van der Waals surface area contributed by atoms with E-state index < -0.39 is 24.4 Å². The number of hydrogen-bond donors (Lipinski definition) is 2. The van der Waals surface area contributed by atoms with E-state index in [1.807, 2.05) is 0 Å². The van der Waals surface area contributed by atoms with Gasteiger partial charge >= 0.3 is 6.03 Å². The summed E-state index contributed by atoms with van der Waals surface area (Å²) >= 11 is 0. The van der Waals surface area contributed by atoms with Gasteiger partial charge in [0.05, 0.1) is 0 Å². The molecule has 0 bridgehead atoms. The maximum Gasteiger partial charge on any atom is 0.321 e. The second-order valence-corrected chi connectivity index (χ2v) is 3.90. The maximum atomic E-state index is 13.1. The van der Waals surface area contributed by atoms with Gasteiger partial charge in [0, 0.05) is 6.04 Å². The van der Waals surface area contributed by atoms with Gasteiger partial charge in [0.25, 0.3) is 5.91 Å². The van der Waals surface area contributed by atoms with E-state index in [0.717, 1.165) is 0 Å². The normalized spacial score (nSPS) is 10.0. The molecule has 1 aromatic rings. The molecule has 1 rings (SSSR count). The first-order valence-electron chi connectivity index (χ1n) is 5.46. The van der Waals surface area contributed by atoms with Gasteiger partial charge in [-0.2, -0.15) is 0 Å². The highest BCUT2D eigenvalue weighted by Crippen LogP contribution is 2.14. The zero-order valence-electron chi connectivity index (χ0n) is 10.2. The maximum absolute atomic E-state index is 13.1. The fourth-order valence-electron chi connectivity index (χ4n) is 1.17. The van der Waals surface area contributed by atoms with Gasteiger partial charge in [-0.3, -0.25) is 10.1 Å². The third-order valence-electron chi connectivity index (χ3n) is 1.87. The Balaban J connectivity index is 2.38. The van der Waals surface area contributed by atoms with Gasteiger partial charge in [-0.1, -0.05) is 12.1 Å². The summed E-state index contributed by atoms with van der Waals surface area (Å²) in [6.45, 7) is 3.10.